The first-order valence-corrected chi connectivity index (χ1v) is 4.35. The summed E-state index contributed by atoms with van der Waals surface area (Å²) in [6.07, 6.45) is 0.114. The summed E-state index contributed by atoms with van der Waals surface area (Å²) in [6, 6.07) is 0. The van der Waals surface area contributed by atoms with Crippen LogP contribution in [0.5, 0.6) is 0 Å². The van der Waals surface area contributed by atoms with Crippen molar-refractivity contribution in [3.05, 3.63) is 0 Å². The van der Waals surface area contributed by atoms with Gasteiger partial charge in [-0.3, -0.25) is 4.79 Å². The number of hydrogen-bond acceptors (Lipinski definition) is 4. The number of aliphatic hydroxyl groups excluding tert-OH is 1. The summed E-state index contributed by atoms with van der Waals surface area (Å²) in [5, 5.41) is 17.4. The van der Waals surface area contributed by atoms with Gasteiger partial charge in [-0.2, -0.15) is 0 Å². The Balaban J connectivity index is 2.18. The molecule has 6 nitrogen and oxygen atoms in total. The number of aliphatic carboxylic acids is 1. The Morgan fingerprint density at radius 2 is 2.14 bits per heavy atom. The minimum absolute atomic E-state index is 0.237. The second kappa shape index (κ2) is 4.92. The van der Waals surface area contributed by atoms with E-state index in [-0.39, 0.29) is 12.5 Å². The molecule has 0 unspecified atom stereocenters. The number of rotatable bonds is 4. The van der Waals surface area contributed by atoms with Crippen LogP contribution in [0.25, 0.3) is 0 Å². The molecular weight excluding hydrogens is 190 g/mol. The molecule has 0 bridgehead atoms. The van der Waals surface area contributed by atoms with Crippen LogP contribution in [-0.4, -0.2) is 59.4 Å². The van der Waals surface area contributed by atoms with Gasteiger partial charge < -0.3 is 19.8 Å². The molecule has 14 heavy (non-hydrogen) atoms. The van der Waals surface area contributed by atoms with E-state index < -0.39 is 18.7 Å². The van der Waals surface area contributed by atoms with Gasteiger partial charge in [-0.05, 0) is 6.42 Å². The second-order valence-corrected chi connectivity index (χ2v) is 3.17. The first-order valence-electron chi connectivity index (χ1n) is 4.35. The van der Waals surface area contributed by atoms with Crippen molar-refractivity contribution in [1.29, 1.82) is 0 Å². The fourth-order valence-corrected chi connectivity index (χ4v) is 1.29. The third-order valence-corrected chi connectivity index (χ3v) is 1.97. The summed E-state index contributed by atoms with van der Waals surface area (Å²) in [7, 11) is 0. The van der Waals surface area contributed by atoms with Crippen molar-refractivity contribution in [3.63, 3.8) is 0 Å². The quantitative estimate of drug-likeness (QED) is 0.591. The molecule has 0 saturated carbocycles. The Labute approximate surface area is 81.1 Å². The maximum atomic E-state index is 11.3. The number of hydrogen-bond donors (Lipinski definition) is 2. The molecular formula is C8H13NO5. The third kappa shape index (κ3) is 3.31. The molecule has 1 aliphatic rings. The third-order valence-electron chi connectivity index (χ3n) is 1.97. The van der Waals surface area contributed by atoms with Crippen LogP contribution in [0, 0.1) is 0 Å². The molecule has 1 aliphatic heterocycles. The van der Waals surface area contributed by atoms with E-state index in [1.54, 1.807) is 0 Å². The predicted molar refractivity (Wildman–Crippen MR) is 45.7 cm³/mol. The Morgan fingerprint density at radius 1 is 1.43 bits per heavy atom. The molecule has 0 aliphatic carbocycles. The van der Waals surface area contributed by atoms with Gasteiger partial charge in [-0.25, -0.2) is 4.79 Å². The lowest BCUT2D eigenvalue weighted by Crippen LogP contribution is -2.33. The Morgan fingerprint density at radius 3 is 2.64 bits per heavy atom. The number of aliphatic hydroxyl groups is 1. The maximum absolute atomic E-state index is 11.3. The molecule has 1 amide bonds. The van der Waals surface area contributed by atoms with Gasteiger partial charge in [0, 0.05) is 13.1 Å². The summed E-state index contributed by atoms with van der Waals surface area (Å²) >= 11 is 0. The molecule has 0 spiro atoms. The van der Waals surface area contributed by atoms with Crippen molar-refractivity contribution in [2.75, 3.05) is 26.3 Å². The van der Waals surface area contributed by atoms with Gasteiger partial charge >= 0.3 is 5.97 Å². The molecule has 0 aromatic carbocycles. The number of β-amino-alcohol motifs (C(OH)–C–C–N with tert-alkyl or cyclic N) is 1. The van der Waals surface area contributed by atoms with Crippen LogP contribution in [0.4, 0.5) is 0 Å². The monoisotopic (exact) mass is 203 g/mol. The summed E-state index contributed by atoms with van der Waals surface area (Å²) in [6.45, 7) is 0.118. The number of nitrogens with zero attached hydrogens (tertiary/aromatic N) is 1. The average Bonchev–Trinajstić information content (AvgIpc) is 2.51. The zero-order chi connectivity index (χ0) is 10.6. The van der Waals surface area contributed by atoms with Gasteiger partial charge in [0.1, 0.15) is 13.2 Å². The number of carboxylic acid groups (broad SMARTS) is 1. The van der Waals surface area contributed by atoms with Gasteiger partial charge in [0.2, 0.25) is 5.91 Å². The van der Waals surface area contributed by atoms with E-state index in [0.717, 1.165) is 0 Å². The van der Waals surface area contributed by atoms with E-state index in [0.29, 0.717) is 19.5 Å². The molecule has 0 aromatic rings. The van der Waals surface area contributed by atoms with Gasteiger partial charge in [-0.15, -0.1) is 0 Å². The molecule has 1 atom stereocenters. The van der Waals surface area contributed by atoms with Crippen molar-refractivity contribution in [2.24, 2.45) is 0 Å². The molecule has 2 N–H and O–H groups in total. The first-order chi connectivity index (χ1) is 6.59. The van der Waals surface area contributed by atoms with Crippen LogP contribution in [0.3, 0.4) is 0 Å². The Kier molecular flexibility index (Phi) is 3.84. The van der Waals surface area contributed by atoms with Crippen LogP contribution in [0.1, 0.15) is 6.42 Å². The summed E-state index contributed by atoms with van der Waals surface area (Å²) in [4.78, 5) is 22.8. The fraction of sp³-hybridized carbons (Fsp3) is 0.750. The first kappa shape index (κ1) is 10.9. The maximum Gasteiger partial charge on any atom is 0.329 e. The Bertz CT molecular complexity index is 230. The van der Waals surface area contributed by atoms with Crippen molar-refractivity contribution in [1.82, 2.24) is 4.90 Å². The molecule has 0 radical (unpaired) electrons. The molecule has 1 rings (SSSR count). The van der Waals surface area contributed by atoms with E-state index in [1.165, 1.54) is 4.90 Å². The predicted octanol–water partition coefficient (Wildman–Crippen LogP) is -1.32. The van der Waals surface area contributed by atoms with Crippen molar-refractivity contribution in [3.8, 4) is 0 Å². The number of likely N-dealkylation sites (tertiary alicyclic amines) is 1. The van der Waals surface area contributed by atoms with Crippen molar-refractivity contribution < 1.29 is 24.5 Å². The standard InChI is InChI=1S/C8H13NO5/c10-6-1-2-9(3-6)7(11)4-14-5-8(12)13/h6,10H,1-5H2,(H,12,13)/t6-/m0/s1. The van der Waals surface area contributed by atoms with Gasteiger partial charge in [0.25, 0.3) is 0 Å². The van der Waals surface area contributed by atoms with Crippen LogP contribution in [0.2, 0.25) is 0 Å². The van der Waals surface area contributed by atoms with Gasteiger partial charge in [-0.1, -0.05) is 0 Å². The van der Waals surface area contributed by atoms with Crippen molar-refractivity contribution >= 4 is 11.9 Å². The zero-order valence-corrected chi connectivity index (χ0v) is 7.68. The van der Waals surface area contributed by atoms with E-state index in [1.807, 2.05) is 0 Å². The lowest BCUT2D eigenvalue weighted by atomic mass is 10.3. The van der Waals surface area contributed by atoms with Crippen LogP contribution in [0.15, 0.2) is 0 Å². The zero-order valence-electron chi connectivity index (χ0n) is 7.68. The van der Waals surface area contributed by atoms with Gasteiger partial charge in [0.15, 0.2) is 0 Å². The van der Waals surface area contributed by atoms with Crippen LogP contribution in [-0.2, 0) is 14.3 Å². The lowest BCUT2D eigenvalue weighted by Gasteiger charge is -2.14. The summed E-state index contributed by atoms with van der Waals surface area (Å²) in [5.74, 6) is -1.37. The van der Waals surface area contributed by atoms with E-state index in [4.69, 9.17) is 10.2 Å². The number of carbonyl (C=O) groups is 2. The number of amides is 1. The average molecular weight is 203 g/mol. The molecule has 1 saturated heterocycles. The number of carboxylic acids is 1. The van der Waals surface area contributed by atoms with Crippen LogP contribution >= 0.6 is 0 Å². The SMILES string of the molecule is O=C(O)COCC(=O)N1CC[C@H](O)C1. The smallest absolute Gasteiger partial charge is 0.329 e. The molecule has 80 valence electrons. The Hall–Kier alpha value is -1.14. The van der Waals surface area contributed by atoms with Crippen LogP contribution < -0.4 is 0 Å². The van der Waals surface area contributed by atoms with E-state index in [2.05, 4.69) is 4.74 Å². The summed E-state index contributed by atoms with van der Waals surface area (Å²) in [5.41, 5.74) is 0. The van der Waals surface area contributed by atoms with E-state index >= 15 is 0 Å². The highest BCUT2D eigenvalue weighted by Crippen LogP contribution is 2.08. The fourth-order valence-electron chi connectivity index (χ4n) is 1.29. The minimum atomic E-state index is -1.10. The highest BCUT2D eigenvalue weighted by Gasteiger charge is 2.24. The highest BCUT2D eigenvalue weighted by molar-refractivity contribution is 5.78. The number of carbonyl (C=O) groups excluding carboxylic acids is 1. The summed E-state index contributed by atoms with van der Waals surface area (Å²) < 4.78 is 4.63. The number of ether oxygens (including phenoxy) is 1. The topological polar surface area (TPSA) is 87.1 Å². The molecule has 0 aromatic heterocycles. The van der Waals surface area contributed by atoms with Crippen molar-refractivity contribution in [2.45, 2.75) is 12.5 Å². The highest BCUT2D eigenvalue weighted by atomic mass is 16.5. The second-order valence-electron chi connectivity index (χ2n) is 3.17. The lowest BCUT2D eigenvalue weighted by molar-refractivity contribution is -0.145. The molecule has 1 heterocycles. The largest absolute Gasteiger partial charge is 0.480 e. The minimum Gasteiger partial charge on any atom is -0.480 e. The van der Waals surface area contributed by atoms with E-state index in [9.17, 15) is 9.59 Å². The molecule has 6 heteroatoms. The molecule has 1 fully saturated rings. The normalized spacial score (nSPS) is 21.2. The van der Waals surface area contributed by atoms with Gasteiger partial charge in [0.05, 0.1) is 6.10 Å².